The fourth-order valence-corrected chi connectivity index (χ4v) is 2.86. The third kappa shape index (κ3) is 8.15. The molecule has 0 aliphatic rings. The lowest BCUT2D eigenvalue weighted by Gasteiger charge is -2.21. The van der Waals surface area contributed by atoms with Crippen molar-refractivity contribution in [1.82, 2.24) is 5.32 Å². The summed E-state index contributed by atoms with van der Waals surface area (Å²) in [4.78, 5) is 0. The van der Waals surface area contributed by atoms with Crippen LogP contribution in [-0.2, 0) is 0 Å². The second-order valence-corrected chi connectivity index (χ2v) is 6.14. The second kappa shape index (κ2) is 9.53. The normalized spacial score (nSPS) is 17.4. The average Bonchev–Trinajstić information content (AvgIpc) is 2.23. The molecule has 92 valence electrons. The lowest BCUT2D eigenvalue weighted by molar-refractivity contribution is 0.419. The number of hydrogen-bond donors (Lipinski definition) is 1. The molecule has 0 aromatic carbocycles. The third-order valence-corrected chi connectivity index (χ3v) is 4.53. The maximum absolute atomic E-state index is 3.45. The Morgan fingerprint density at radius 1 is 1.20 bits per heavy atom. The van der Waals surface area contributed by atoms with Crippen LogP contribution < -0.4 is 5.32 Å². The Balaban J connectivity index is 3.71. The van der Waals surface area contributed by atoms with Crippen LogP contribution in [0.25, 0.3) is 0 Å². The Morgan fingerprint density at radius 2 is 1.87 bits per heavy atom. The number of thioether (sulfide) groups is 1. The van der Waals surface area contributed by atoms with Gasteiger partial charge in [-0.15, -0.1) is 0 Å². The van der Waals surface area contributed by atoms with Gasteiger partial charge in [0, 0.05) is 17.0 Å². The summed E-state index contributed by atoms with van der Waals surface area (Å²) in [7, 11) is 2.10. The largest absolute Gasteiger partial charge is 0.316 e. The molecule has 0 saturated heterocycles. The highest BCUT2D eigenvalue weighted by molar-refractivity contribution is 7.99. The van der Waals surface area contributed by atoms with Gasteiger partial charge in [0.15, 0.2) is 0 Å². The van der Waals surface area contributed by atoms with E-state index in [0.29, 0.717) is 6.04 Å². The van der Waals surface area contributed by atoms with Gasteiger partial charge in [0.25, 0.3) is 0 Å². The van der Waals surface area contributed by atoms with Gasteiger partial charge < -0.3 is 5.32 Å². The van der Waals surface area contributed by atoms with Crippen LogP contribution in [0.2, 0.25) is 0 Å². The zero-order valence-corrected chi connectivity index (χ0v) is 12.0. The molecule has 0 bridgehead atoms. The van der Waals surface area contributed by atoms with Crippen LogP contribution in [-0.4, -0.2) is 24.1 Å². The van der Waals surface area contributed by atoms with Crippen LogP contribution in [0.5, 0.6) is 0 Å². The van der Waals surface area contributed by atoms with Crippen molar-refractivity contribution in [3.63, 3.8) is 0 Å². The molecule has 1 N–H and O–H groups in total. The van der Waals surface area contributed by atoms with E-state index in [2.05, 4.69) is 51.8 Å². The quantitative estimate of drug-likeness (QED) is 0.645. The Hall–Kier alpha value is 0.310. The number of hydrogen-bond acceptors (Lipinski definition) is 2. The first kappa shape index (κ1) is 15.3. The van der Waals surface area contributed by atoms with Gasteiger partial charge in [-0.2, -0.15) is 11.8 Å². The molecule has 0 heterocycles. The first-order valence-corrected chi connectivity index (χ1v) is 7.47. The Labute approximate surface area is 101 Å². The summed E-state index contributed by atoms with van der Waals surface area (Å²) in [6, 6.07) is 0.700. The summed E-state index contributed by atoms with van der Waals surface area (Å²) in [5.74, 6) is 2.13. The summed E-state index contributed by atoms with van der Waals surface area (Å²) < 4.78 is 0. The van der Waals surface area contributed by atoms with E-state index in [4.69, 9.17) is 0 Å². The molecular weight excluding hydrogens is 202 g/mol. The highest BCUT2D eigenvalue weighted by atomic mass is 32.2. The van der Waals surface area contributed by atoms with E-state index in [0.717, 1.165) is 11.2 Å². The molecule has 0 rings (SSSR count). The molecule has 0 fully saturated rings. The molecule has 0 aliphatic heterocycles. The van der Waals surface area contributed by atoms with Crippen molar-refractivity contribution < 1.29 is 0 Å². The van der Waals surface area contributed by atoms with Crippen LogP contribution in [0.1, 0.15) is 53.4 Å². The minimum atomic E-state index is 0.700. The van der Waals surface area contributed by atoms with Crippen molar-refractivity contribution in [3.8, 4) is 0 Å². The van der Waals surface area contributed by atoms with E-state index in [-0.39, 0.29) is 0 Å². The fourth-order valence-electron chi connectivity index (χ4n) is 1.76. The van der Waals surface area contributed by atoms with E-state index in [9.17, 15) is 0 Å². The molecule has 3 atom stereocenters. The number of nitrogens with one attached hydrogen (secondary N) is 1. The first-order valence-electron chi connectivity index (χ1n) is 6.42. The van der Waals surface area contributed by atoms with Gasteiger partial charge in [-0.25, -0.2) is 0 Å². The Bertz CT molecular complexity index is 138. The molecule has 0 radical (unpaired) electrons. The summed E-state index contributed by atoms with van der Waals surface area (Å²) >= 11 is 2.11. The molecule has 15 heavy (non-hydrogen) atoms. The minimum absolute atomic E-state index is 0.700. The van der Waals surface area contributed by atoms with Crippen LogP contribution in [0, 0.1) is 5.92 Å². The van der Waals surface area contributed by atoms with Gasteiger partial charge in [0.05, 0.1) is 0 Å². The van der Waals surface area contributed by atoms with Crippen molar-refractivity contribution in [1.29, 1.82) is 0 Å². The van der Waals surface area contributed by atoms with E-state index in [1.54, 1.807) is 0 Å². The SMILES string of the molecule is CCCC(C)CC(CSC(C)CC)NC. The fraction of sp³-hybridized carbons (Fsp3) is 1.00. The molecule has 0 aliphatic carbocycles. The molecule has 0 aromatic heterocycles. The topological polar surface area (TPSA) is 12.0 Å². The molecule has 2 heteroatoms. The van der Waals surface area contributed by atoms with Crippen molar-refractivity contribution >= 4 is 11.8 Å². The van der Waals surface area contributed by atoms with Gasteiger partial charge in [-0.05, 0) is 25.8 Å². The van der Waals surface area contributed by atoms with Crippen LogP contribution in [0.3, 0.4) is 0 Å². The molecule has 1 nitrogen and oxygen atoms in total. The molecular formula is C13H29NS. The van der Waals surface area contributed by atoms with Crippen molar-refractivity contribution in [2.75, 3.05) is 12.8 Å². The molecule has 0 aromatic rings. The maximum Gasteiger partial charge on any atom is 0.0157 e. The molecule has 3 unspecified atom stereocenters. The van der Waals surface area contributed by atoms with Crippen molar-refractivity contribution in [2.45, 2.75) is 64.7 Å². The minimum Gasteiger partial charge on any atom is -0.316 e. The van der Waals surface area contributed by atoms with E-state index < -0.39 is 0 Å². The summed E-state index contributed by atoms with van der Waals surface area (Å²) in [6.07, 6.45) is 5.29. The molecule has 0 spiro atoms. The predicted molar refractivity (Wildman–Crippen MR) is 73.7 cm³/mol. The number of rotatable bonds is 9. The zero-order valence-electron chi connectivity index (χ0n) is 11.2. The van der Waals surface area contributed by atoms with Crippen molar-refractivity contribution in [3.05, 3.63) is 0 Å². The smallest absolute Gasteiger partial charge is 0.0157 e. The van der Waals surface area contributed by atoms with Crippen LogP contribution in [0.15, 0.2) is 0 Å². The van der Waals surface area contributed by atoms with Crippen molar-refractivity contribution in [2.24, 2.45) is 5.92 Å². The summed E-state index contributed by atoms with van der Waals surface area (Å²) in [6.45, 7) is 9.25. The lowest BCUT2D eigenvalue weighted by Crippen LogP contribution is -2.30. The summed E-state index contributed by atoms with van der Waals surface area (Å²) in [5.41, 5.74) is 0. The van der Waals surface area contributed by atoms with Gasteiger partial charge in [0.1, 0.15) is 0 Å². The molecule has 0 amide bonds. The standard InChI is InChI=1S/C13H29NS/c1-6-8-11(3)9-13(14-5)10-15-12(4)7-2/h11-14H,6-10H2,1-5H3. The van der Waals surface area contributed by atoms with E-state index in [1.165, 1.54) is 31.4 Å². The summed E-state index contributed by atoms with van der Waals surface area (Å²) in [5, 5.41) is 4.26. The Kier molecular flexibility index (Phi) is 9.73. The van der Waals surface area contributed by atoms with Crippen LogP contribution in [0.4, 0.5) is 0 Å². The highest BCUT2D eigenvalue weighted by Gasteiger charge is 2.12. The van der Waals surface area contributed by atoms with Gasteiger partial charge in [-0.1, -0.05) is 40.5 Å². The second-order valence-electron chi connectivity index (χ2n) is 4.67. The third-order valence-electron chi connectivity index (χ3n) is 3.03. The first-order chi connectivity index (χ1) is 7.13. The molecule has 0 saturated carbocycles. The monoisotopic (exact) mass is 231 g/mol. The Morgan fingerprint density at radius 3 is 2.33 bits per heavy atom. The average molecular weight is 231 g/mol. The predicted octanol–water partition coefficient (Wildman–Crippen LogP) is 3.93. The maximum atomic E-state index is 3.45. The van der Waals surface area contributed by atoms with Gasteiger partial charge in [0.2, 0.25) is 0 Å². The van der Waals surface area contributed by atoms with E-state index in [1.807, 2.05) is 0 Å². The van der Waals surface area contributed by atoms with Gasteiger partial charge >= 0.3 is 0 Å². The zero-order chi connectivity index (χ0) is 11.7. The lowest BCUT2D eigenvalue weighted by atomic mass is 9.98. The highest BCUT2D eigenvalue weighted by Crippen LogP contribution is 2.19. The van der Waals surface area contributed by atoms with E-state index >= 15 is 0 Å². The van der Waals surface area contributed by atoms with Gasteiger partial charge in [-0.3, -0.25) is 0 Å². The van der Waals surface area contributed by atoms with Crippen LogP contribution >= 0.6 is 11.8 Å².